The number of carbonyl (C=O) groups is 5. The van der Waals surface area contributed by atoms with Gasteiger partial charge in [-0.3, -0.25) is 24.0 Å². The Kier molecular flexibility index (Phi) is 13.4. The maximum atomic E-state index is 13.5. The van der Waals surface area contributed by atoms with Crippen LogP contribution in [0.2, 0.25) is 0 Å². The van der Waals surface area contributed by atoms with Crippen molar-refractivity contribution in [3.05, 3.63) is 53.0 Å². The molecule has 0 saturated carbocycles. The molecule has 0 fully saturated rings. The first-order chi connectivity index (χ1) is 23.0. The second kappa shape index (κ2) is 17.6. The van der Waals surface area contributed by atoms with Crippen molar-refractivity contribution in [3.63, 3.8) is 0 Å². The number of aliphatic hydroxyl groups is 1. The number of hydrogen-bond acceptors (Lipinski definition) is 8. The highest BCUT2D eigenvalue weighted by Crippen LogP contribution is 2.22. The van der Waals surface area contributed by atoms with Crippen molar-refractivity contribution in [2.45, 2.75) is 71.1 Å². The maximum Gasteiger partial charge on any atom is 0.270 e. The van der Waals surface area contributed by atoms with Crippen LogP contribution >= 0.6 is 11.3 Å². The molecule has 0 saturated heterocycles. The molecule has 3 aromatic rings. The molecule has 2 aromatic heterocycles. The number of H-pyrrole nitrogens is 1. The number of fused-ring (bicyclic) bond motifs is 3. The lowest BCUT2D eigenvalue weighted by Crippen LogP contribution is -2.57. The number of thiophene rings is 1. The third-order valence-corrected chi connectivity index (χ3v) is 8.76. The molecule has 0 radical (unpaired) electrons. The fourth-order valence-electron chi connectivity index (χ4n) is 5.43. The van der Waals surface area contributed by atoms with E-state index in [1.54, 1.807) is 40.5 Å². The summed E-state index contributed by atoms with van der Waals surface area (Å²) in [6.07, 6.45) is 0.725. The molecule has 5 amide bonds. The topological polar surface area (TPSA) is 182 Å². The third-order valence-electron chi connectivity index (χ3n) is 7.89. The zero-order valence-electron chi connectivity index (χ0n) is 27.7. The van der Waals surface area contributed by atoms with Crippen LogP contribution in [0.15, 0.2) is 41.8 Å². The largest absolute Gasteiger partial charge is 0.484 e. The van der Waals surface area contributed by atoms with Crippen molar-refractivity contribution in [1.82, 2.24) is 31.2 Å². The van der Waals surface area contributed by atoms with Gasteiger partial charge < -0.3 is 41.0 Å². The van der Waals surface area contributed by atoms with Gasteiger partial charge in [0, 0.05) is 26.2 Å². The van der Waals surface area contributed by atoms with Gasteiger partial charge in [-0.2, -0.15) is 0 Å². The fraction of sp³-hybridized carbons (Fsp3) is 0.500. The van der Waals surface area contributed by atoms with E-state index in [2.05, 4.69) is 26.3 Å². The monoisotopic (exact) mass is 682 g/mol. The van der Waals surface area contributed by atoms with E-state index in [-0.39, 0.29) is 37.3 Å². The van der Waals surface area contributed by atoms with Crippen LogP contribution in [-0.2, 0) is 25.6 Å². The number of carbonyl (C=O) groups excluding carboxylic acids is 5. The predicted octanol–water partition coefficient (Wildman–Crippen LogP) is 2.11. The second-order valence-electron chi connectivity index (χ2n) is 12.5. The molecule has 48 heavy (non-hydrogen) atoms. The molecule has 14 heteroatoms. The summed E-state index contributed by atoms with van der Waals surface area (Å²) in [5.41, 5.74) is 2.00. The van der Waals surface area contributed by atoms with E-state index in [1.165, 1.54) is 6.92 Å². The number of hydrogen-bond donors (Lipinski definition) is 6. The second-order valence-corrected chi connectivity index (χ2v) is 13.4. The van der Waals surface area contributed by atoms with Crippen molar-refractivity contribution in [1.29, 1.82) is 0 Å². The summed E-state index contributed by atoms with van der Waals surface area (Å²) in [5, 5.41) is 23.3. The van der Waals surface area contributed by atoms with E-state index in [4.69, 9.17) is 4.74 Å². The summed E-state index contributed by atoms with van der Waals surface area (Å²) >= 11 is 1.55. The normalized spacial score (nSPS) is 20.6. The zero-order chi connectivity index (χ0) is 34.6. The van der Waals surface area contributed by atoms with E-state index in [0.29, 0.717) is 62.3 Å². The smallest absolute Gasteiger partial charge is 0.270 e. The minimum absolute atomic E-state index is 0.0402. The van der Waals surface area contributed by atoms with E-state index in [9.17, 15) is 29.1 Å². The lowest BCUT2D eigenvalue weighted by atomic mass is 10.0. The lowest BCUT2D eigenvalue weighted by molar-refractivity contribution is -0.134. The minimum atomic E-state index is -1.22. The number of nitrogens with zero attached hydrogens (tertiary/aromatic N) is 1. The Balaban J connectivity index is 1.48. The van der Waals surface area contributed by atoms with E-state index in [1.807, 2.05) is 31.4 Å². The Morgan fingerprint density at radius 1 is 0.958 bits per heavy atom. The SMILES string of the molecule is CC(C)C[C@H]1NC(=O)Cc2cccc(c2)OCC(=O)NCCCN(C(=O)c2cc3sccc3[nH]2)CCCCNC(=O)[C@H]([C@@H](C)O)NC1=O. The van der Waals surface area contributed by atoms with Gasteiger partial charge in [0.05, 0.1) is 22.7 Å². The molecule has 0 aliphatic carbocycles. The number of rotatable bonds is 4. The molecule has 2 bridgehead atoms. The van der Waals surface area contributed by atoms with E-state index >= 15 is 0 Å². The Hall–Kier alpha value is -4.43. The molecule has 1 aliphatic rings. The van der Waals surface area contributed by atoms with Gasteiger partial charge in [0.25, 0.3) is 11.8 Å². The van der Waals surface area contributed by atoms with Crippen molar-refractivity contribution in [2.75, 3.05) is 32.8 Å². The van der Waals surface area contributed by atoms with Crippen LogP contribution in [0.4, 0.5) is 0 Å². The van der Waals surface area contributed by atoms with Crippen LogP contribution in [0.5, 0.6) is 5.75 Å². The first kappa shape index (κ1) is 36.4. The number of amides is 5. The Labute approximate surface area is 284 Å². The third kappa shape index (κ3) is 10.8. The Bertz CT molecular complexity index is 1540. The lowest BCUT2D eigenvalue weighted by Gasteiger charge is -2.26. The summed E-state index contributed by atoms with van der Waals surface area (Å²) in [6, 6.07) is 8.40. The predicted molar refractivity (Wildman–Crippen MR) is 183 cm³/mol. The number of aromatic amines is 1. The van der Waals surface area contributed by atoms with Crippen LogP contribution in [0, 0.1) is 5.92 Å². The summed E-state index contributed by atoms with van der Waals surface area (Å²) in [6.45, 7) is 6.45. The van der Waals surface area contributed by atoms with Crippen LogP contribution in [0.3, 0.4) is 0 Å². The average Bonchev–Trinajstić information content (AvgIpc) is 3.65. The molecule has 13 nitrogen and oxygen atoms in total. The molecular formula is C34H46N6O7S. The first-order valence-electron chi connectivity index (χ1n) is 16.4. The van der Waals surface area contributed by atoms with Crippen molar-refractivity contribution in [2.24, 2.45) is 5.92 Å². The van der Waals surface area contributed by atoms with Crippen molar-refractivity contribution < 1.29 is 33.8 Å². The molecule has 0 spiro atoms. The number of aromatic nitrogens is 1. The zero-order valence-corrected chi connectivity index (χ0v) is 28.5. The summed E-state index contributed by atoms with van der Waals surface area (Å²) in [5.74, 6) is -1.53. The quantitative estimate of drug-likeness (QED) is 0.244. The molecule has 260 valence electrons. The minimum Gasteiger partial charge on any atom is -0.484 e. The van der Waals surface area contributed by atoms with E-state index in [0.717, 1.165) is 10.2 Å². The van der Waals surface area contributed by atoms with Gasteiger partial charge >= 0.3 is 0 Å². The molecule has 3 atom stereocenters. The van der Waals surface area contributed by atoms with Crippen LogP contribution in [0.25, 0.3) is 10.2 Å². The molecule has 3 heterocycles. The molecular weight excluding hydrogens is 636 g/mol. The molecule has 6 N–H and O–H groups in total. The van der Waals surface area contributed by atoms with Gasteiger partial charge in [-0.1, -0.05) is 26.0 Å². The molecule has 1 aromatic carbocycles. The highest BCUT2D eigenvalue weighted by atomic mass is 32.1. The Morgan fingerprint density at radius 2 is 1.73 bits per heavy atom. The van der Waals surface area contributed by atoms with Gasteiger partial charge in [-0.15, -0.1) is 11.3 Å². The summed E-state index contributed by atoms with van der Waals surface area (Å²) < 4.78 is 6.66. The Morgan fingerprint density at radius 3 is 2.48 bits per heavy atom. The molecule has 0 unspecified atom stereocenters. The highest BCUT2D eigenvalue weighted by Gasteiger charge is 2.30. The summed E-state index contributed by atoms with van der Waals surface area (Å²) in [7, 11) is 0. The van der Waals surface area contributed by atoms with Crippen LogP contribution in [0.1, 0.15) is 62.5 Å². The summed E-state index contributed by atoms with van der Waals surface area (Å²) in [4.78, 5) is 70.3. The standard InChI is InChI=1S/C34H46N6O7S/c1-21(2)16-26-32(44)39-31(22(3)41)33(45)36-11-4-5-13-40(34(46)27-19-28-25(37-27)10-15-48-28)14-7-12-35-30(43)20-47-24-9-6-8-23(17-24)18-29(42)38-26/h6,8-10,15,17,19,21-22,26,31,37,41H,4-5,7,11-14,16,18,20H2,1-3H3,(H,35,43)(H,36,45)(H,38,42)(H,39,44)/t22-,26-,31+/m1/s1. The van der Waals surface area contributed by atoms with Gasteiger partial charge in [0.1, 0.15) is 23.5 Å². The maximum absolute atomic E-state index is 13.5. The van der Waals surface area contributed by atoms with Gasteiger partial charge in [0.15, 0.2) is 6.61 Å². The number of benzene rings is 1. The number of ether oxygens (including phenoxy) is 1. The van der Waals surface area contributed by atoms with Crippen LogP contribution in [-0.4, -0.2) is 95.5 Å². The van der Waals surface area contributed by atoms with Crippen molar-refractivity contribution in [3.8, 4) is 5.75 Å². The number of aliphatic hydroxyl groups excluding tert-OH is 1. The van der Waals surface area contributed by atoms with Gasteiger partial charge in [-0.25, -0.2) is 0 Å². The van der Waals surface area contributed by atoms with Crippen LogP contribution < -0.4 is 26.0 Å². The van der Waals surface area contributed by atoms with E-state index < -0.39 is 35.9 Å². The average molecular weight is 683 g/mol. The fourth-order valence-corrected chi connectivity index (χ4v) is 6.22. The molecule has 4 rings (SSSR count). The molecule has 1 aliphatic heterocycles. The number of nitrogens with one attached hydrogen (secondary N) is 5. The van der Waals surface area contributed by atoms with Gasteiger partial charge in [0.2, 0.25) is 17.7 Å². The first-order valence-corrected chi connectivity index (χ1v) is 17.3. The highest BCUT2D eigenvalue weighted by molar-refractivity contribution is 7.17. The van der Waals surface area contributed by atoms with Gasteiger partial charge in [-0.05, 0) is 73.7 Å². The van der Waals surface area contributed by atoms with Crippen molar-refractivity contribution >= 4 is 51.1 Å².